The molecule has 0 aromatic rings. The van der Waals surface area contributed by atoms with E-state index in [1.165, 1.54) is 0 Å². The van der Waals surface area contributed by atoms with Gasteiger partial charge in [-0.15, -0.1) is 0 Å². The third kappa shape index (κ3) is 51.7. The Balaban J connectivity index is -0.0000000800. The van der Waals surface area contributed by atoms with Crippen molar-refractivity contribution < 1.29 is 57.4 Å². The van der Waals surface area contributed by atoms with Crippen LogP contribution in [0.3, 0.4) is 0 Å². The van der Waals surface area contributed by atoms with Crippen molar-refractivity contribution in [3.8, 4) is 0 Å². The first-order valence-electron chi connectivity index (χ1n) is 0.816. The molecule has 0 aromatic carbocycles. The third-order valence-corrected chi connectivity index (χ3v) is 0. The van der Waals surface area contributed by atoms with Crippen LogP contribution in [0.2, 0.25) is 0 Å². The Kier molecular flexibility index (Phi) is 16.2. The normalized spacial score (nSPS) is 8.57. The van der Waals surface area contributed by atoms with E-state index in [1.54, 1.807) is 0 Å². The summed E-state index contributed by atoms with van der Waals surface area (Å²) >= 11 is 0. The van der Waals surface area contributed by atoms with Gasteiger partial charge in [0, 0.05) is 0 Å². The van der Waals surface area contributed by atoms with Gasteiger partial charge in [-0.3, -0.25) is 0 Å². The van der Waals surface area contributed by atoms with E-state index >= 15 is 0 Å². The molecule has 0 saturated carbocycles. The molecule has 0 spiro atoms. The molecule has 0 saturated heterocycles. The molecule has 0 fully saturated rings. The van der Waals surface area contributed by atoms with Crippen LogP contribution in [0, 0.1) is 38.2 Å². The molecule has 0 N–H and O–H groups in total. The Morgan fingerprint density at radius 1 is 0.857 bits per heavy atom. The first kappa shape index (κ1) is 16.4. The summed E-state index contributed by atoms with van der Waals surface area (Å²) in [6, 6.07) is 0. The first-order valence-corrected chi connectivity index (χ1v) is 2.45. The van der Waals surface area contributed by atoms with Gasteiger partial charge in [-0.25, -0.2) is 0 Å². The molecular formula is DyO4SiSr+. The molecule has 0 unspecified atom stereocenters. The fourth-order valence-corrected chi connectivity index (χ4v) is 0. The van der Waals surface area contributed by atoms with Crippen LogP contribution in [0.15, 0.2) is 0 Å². The van der Waals surface area contributed by atoms with Gasteiger partial charge in [0.2, 0.25) is 0 Å². The van der Waals surface area contributed by atoms with E-state index < -0.39 is 9.05 Å². The summed E-state index contributed by atoms with van der Waals surface area (Å²) in [5.41, 5.74) is 0. The summed E-state index contributed by atoms with van der Waals surface area (Å²) in [5, 5.41) is 0. The van der Waals surface area contributed by atoms with E-state index in [1.807, 2.05) is 0 Å². The first-order chi connectivity index (χ1) is 2.00. The van der Waals surface area contributed by atoms with Gasteiger partial charge in [0.05, 0.1) is 0 Å². The molecule has 1 radical (unpaired) electrons. The molecule has 7 heavy (non-hydrogen) atoms. The predicted molar refractivity (Wildman–Crippen MR) is 11.5 cm³/mol. The Morgan fingerprint density at radius 2 is 0.857 bits per heavy atom. The fraction of sp³-hybridized carbons (Fsp3) is 0. The van der Waals surface area contributed by atoms with Gasteiger partial charge in [-0.1, -0.05) is 0 Å². The molecule has 0 aromatic heterocycles. The van der Waals surface area contributed by atoms with Crippen molar-refractivity contribution in [2.24, 2.45) is 0 Å². The zero-order valence-corrected chi connectivity index (χ0v) is 9.66. The van der Waals surface area contributed by atoms with E-state index in [0.717, 1.165) is 0 Å². The summed E-state index contributed by atoms with van der Waals surface area (Å²) in [4.78, 5) is 34.3. The van der Waals surface area contributed by atoms with E-state index in [4.69, 9.17) is 19.2 Å². The van der Waals surface area contributed by atoms with E-state index in [-0.39, 0.29) is 83.7 Å². The van der Waals surface area contributed by atoms with Crippen molar-refractivity contribution in [1.82, 2.24) is 0 Å². The Bertz CT molecular complexity index is 27.2. The Labute approximate surface area is 109 Å². The standard InChI is InChI=1S/Dy.O4Si.Sr/c;1-5(2,3)4;/q+3;-4;+2. The van der Waals surface area contributed by atoms with E-state index in [0.29, 0.717) is 0 Å². The van der Waals surface area contributed by atoms with Crippen molar-refractivity contribution in [1.29, 1.82) is 0 Å². The predicted octanol–water partition coefficient (Wildman–Crippen LogP) is -5.52. The van der Waals surface area contributed by atoms with Crippen LogP contribution in [0.5, 0.6) is 0 Å². The van der Waals surface area contributed by atoms with Crippen molar-refractivity contribution in [3.63, 3.8) is 0 Å². The molecular weight excluding hydrogens is 342 g/mol. The van der Waals surface area contributed by atoms with Crippen molar-refractivity contribution in [2.45, 2.75) is 0 Å². The van der Waals surface area contributed by atoms with Gasteiger partial charge >= 0.3 is 83.7 Å². The van der Waals surface area contributed by atoms with Gasteiger partial charge in [-0.05, 0) is 0 Å². The van der Waals surface area contributed by atoms with Crippen molar-refractivity contribution in [2.75, 3.05) is 0 Å². The minimum Gasteiger partial charge on any atom is -0.894 e. The molecule has 0 aliphatic carbocycles. The second-order valence-electron chi connectivity index (χ2n) is 0.500. The van der Waals surface area contributed by atoms with Crippen LogP contribution in [0.1, 0.15) is 0 Å². The van der Waals surface area contributed by atoms with Crippen LogP contribution in [-0.2, 0) is 0 Å². The molecule has 0 aliphatic rings. The third-order valence-electron chi connectivity index (χ3n) is 0. The summed E-state index contributed by atoms with van der Waals surface area (Å²) in [6.07, 6.45) is 0. The van der Waals surface area contributed by atoms with Gasteiger partial charge in [-0.2, -0.15) is 0 Å². The van der Waals surface area contributed by atoms with Crippen LogP contribution in [0.4, 0.5) is 0 Å². The largest absolute Gasteiger partial charge is 3.00 e. The number of hydrogen-bond acceptors (Lipinski definition) is 4. The van der Waals surface area contributed by atoms with Crippen molar-refractivity contribution in [3.05, 3.63) is 0 Å². The van der Waals surface area contributed by atoms with Crippen molar-refractivity contribution >= 4 is 54.5 Å². The molecule has 0 bridgehead atoms. The van der Waals surface area contributed by atoms with Gasteiger partial charge in [0.15, 0.2) is 0 Å². The average Bonchev–Trinajstić information content (AvgIpc) is 0.722. The molecule has 7 heteroatoms. The van der Waals surface area contributed by atoms with Gasteiger partial charge in [0.1, 0.15) is 0 Å². The minimum absolute atomic E-state index is 0. The maximum Gasteiger partial charge on any atom is 3.00 e. The maximum atomic E-state index is 8.58. The Hall–Kier alpha value is 2.81. The summed E-state index contributed by atoms with van der Waals surface area (Å²) in [5.74, 6) is 0. The SMILES string of the molecule is [Dy+3].[O-][Si]([O-])([O-])[O-].[Sr+2]. The van der Waals surface area contributed by atoms with Crippen LogP contribution in [-0.4, -0.2) is 54.5 Å². The van der Waals surface area contributed by atoms with Crippen LogP contribution < -0.4 is 19.2 Å². The number of hydrogen-bond donors (Lipinski definition) is 0. The van der Waals surface area contributed by atoms with Gasteiger partial charge in [0.25, 0.3) is 0 Å². The minimum atomic E-state index is -5.61. The molecule has 0 heterocycles. The van der Waals surface area contributed by atoms with E-state index in [2.05, 4.69) is 0 Å². The zero-order valence-electron chi connectivity index (χ0n) is 3.16. The molecule has 0 aliphatic heterocycles. The van der Waals surface area contributed by atoms with Crippen LogP contribution >= 0.6 is 0 Å². The summed E-state index contributed by atoms with van der Waals surface area (Å²) in [6.45, 7) is 0. The maximum absolute atomic E-state index is 8.58. The summed E-state index contributed by atoms with van der Waals surface area (Å²) in [7, 11) is -5.61. The topological polar surface area (TPSA) is 92.2 Å². The molecule has 0 amide bonds. The average molecular weight is 342 g/mol. The smallest absolute Gasteiger partial charge is 0.894 e. The molecule has 0 atom stereocenters. The second-order valence-corrected chi connectivity index (χ2v) is 1.50. The second kappa shape index (κ2) is 6.92. The van der Waals surface area contributed by atoms with Gasteiger partial charge < -0.3 is 28.2 Å². The Morgan fingerprint density at radius 3 is 0.857 bits per heavy atom. The quantitative estimate of drug-likeness (QED) is 0.411. The fourth-order valence-electron chi connectivity index (χ4n) is 0. The monoisotopic (exact) mass is 344 g/mol. The zero-order chi connectivity index (χ0) is 4.50. The molecule has 0 rings (SSSR count). The van der Waals surface area contributed by atoms with E-state index in [9.17, 15) is 0 Å². The molecule has 4 nitrogen and oxygen atoms in total. The summed E-state index contributed by atoms with van der Waals surface area (Å²) < 4.78 is 0. The van der Waals surface area contributed by atoms with Crippen LogP contribution in [0.25, 0.3) is 0 Å². The number of rotatable bonds is 0. The molecule has 39 valence electrons.